The molecule has 0 unspecified atom stereocenters. The normalized spacial score (nSPS) is 17.7. The van der Waals surface area contributed by atoms with Gasteiger partial charge in [-0.25, -0.2) is 0 Å². The minimum atomic E-state index is 0.624. The molecule has 0 saturated carbocycles. The van der Waals surface area contributed by atoms with Crippen molar-refractivity contribution in [2.45, 2.75) is 18.9 Å². The van der Waals surface area contributed by atoms with Crippen LogP contribution in [0.5, 0.6) is 0 Å². The lowest BCUT2D eigenvalue weighted by Gasteiger charge is -2.36. The third-order valence-corrected chi connectivity index (χ3v) is 3.64. The van der Waals surface area contributed by atoms with Crippen LogP contribution in [0.1, 0.15) is 18.4 Å². The molecule has 0 amide bonds. The molecule has 2 rings (SSSR count). The number of benzene rings is 1. The summed E-state index contributed by atoms with van der Waals surface area (Å²) in [6.07, 6.45) is 2.43. The van der Waals surface area contributed by atoms with Gasteiger partial charge in [0, 0.05) is 18.8 Å². The van der Waals surface area contributed by atoms with Crippen molar-refractivity contribution < 1.29 is 0 Å². The summed E-state index contributed by atoms with van der Waals surface area (Å²) in [6, 6.07) is 10.6. The molecule has 1 heterocycles. The lowest BCUT2D eigenvalue weighted by molar-refractivity contribution is 0.253. The maximum atomic E-state index is 8.78. The average molecular weight is 229 g/mol. The van der Waals surface area contributed by atoms with Crippen LogP contribution < -0.4 is 4.90 Å². The van der Waals surface area contributed by atoms with Gasteiger partial charge in [0.05, 0.1) is 11.6 Å². The Balaban J connectivity index is 2.03. The number of hydrogen-bond acceptors (Lipinski definition) is 3. The van der Waals surface area contributed by atoms with E-state index in [-0.39, 0.29) is 0 Å². The Morgan fingerprint density at radius 2 is 1.82 bits per heavy atom. The summed E-state index contributed by atoms with van der Waals surface area (Å²) >= 11 is 0. The van der Waals surface area contributed by atoms with Crippen molar-refractivity contribution >= 4 is 5.69 Å². The van der Waals surface area contributed by atoms with E-state index in [4.69, 9.17) is 5.26 Å². The summed E-state index contributed by atoms with van der Waals surface area (Å²) in [7, 11) is 4.33. The Morgan fingerprint density at radius 3 is 2.35 bits per heavy atom. The number of hydrogen-bond donors (Lipinski definition) is 0. The number of anilines is 1. The molecule has 1 aliphatic heterocycles. The Kier molecular flexibility index (Phi) is 3.65. The molecule has 0 bridgehead atoms. The van der Waals surface area contributed by atoms with Gasteiger partial charge in [-0.1, -0.05) is 0 Å². The Bertz CT molecular complexity index is 396. The second-order valence-corrected chi connectivity index (χ2v) is 4.80. The highest BCUT2D eigenvalue weighted by Crippen LogP contribution is 2.21. The molecule has 0 spiro atoms. The molecule has 1 saturated heterocycles. The molecule has 3 heteroatoms. The maximum Gasteiger partial charge on any atom is 0.0991 e. The molecular weight excluding hydrogens is 210 g/mol. The number of nitriles is 1. The Hall–Kier alpha value is -1.53. The van der Waals surface area contributed by atoms with Crippen LogP contribution in [0.4, 0.5) is 5.69 Å². The van der Waals surface area contributed by atoms with Gasteiger partial charge < -0.3 is 9.80 Å². The Morgan fingerprint density at radius 1 is 1.24 bits per heavy atom. The molecule has 0 aliphatic carbocycles. The summed E-state index contributed by atoms with van der Waals surface area (Å²) in [5.74, 6) is 0. The number of rotatable bonds is 2. The summed E-state index contributed by atoms with van der Waals surface area (Å²) in [5.41, 5.74) is 1.93. The third kappa shape index (κ3) is 2.78. The van der Waals surface area contributed by atoms with Gasteiger partial charge in [-0.3, -0.25) is 0 Å². The van der Waals surface area contributed by atoms with Crippen LogP contribution in [-0.2, 0) is 0 Å². The van der Waals surface area contributed by atoms with E-state index < -0.39 is 0 Å². The summed E-state index contributed by atoms with van der Waals surface area (Å²) in [6.45, 7) is 2.34. The molecule has 1 aromatic rings. The monoisotopic (exact) mass is 229 g/mol. The smallest absolute Gasteiger partial charge is 0.0991 e. The van der Waals surface area contributed by atoms with E-state index in [0.29, 0.717) is 6.04 Å². The molecule has 0 atom stereocenters. The maximum absolute atomic E-state index is 8.78. The Labute approximate surface area is 103 Å². The van der Waals surface area contributed by atoms with Crippen LogP contribution in [-0.4, -0.2) is 38.1 Å². The van der Waals surface area contributed by atoms with Crippen LogP contribution in [0.15, 0.2) is 24.3 Å². The number of nitrogens with zero attached hydrogens (tertiary/aromatic N) is 3. The van der Waals surface area contributed by atoms with Crippen molar-refractivity contribution in [3.8, 4) is 6.07 Å². The van der Waals surface area contributed by atoms with Crippen molar-refractivity contribution in [1.82, 2.24) is 4.90 Å². The van der Waals surface area contributed by atoms with E-state index in [0.717, 1.165) is 5.56 Å². The molecule has 1 aromatic carbocycles. The second kappa shape index (κ2) is 5.20. The number of piperidine rings is 1. The standard InChI is InChI=1S/C14H19N3/c1-16-9-7-14(8-10-16)17(2)13-5-3-12(11-15)4-6-13/h3-6,14H,7-10H2,1-2H3. The zero-order valence-corrected chi connectivity index (χ0v) is 10.6. The summed E-state index contributed by atoms with van der Waals surface area (Å²) in [4.78, 5) is 4.72. The first kappa shape index (κ1) is 11.9. The molecule has 17 heavy (non-hydrogen) atoms. The molecular formula is C14H19N3. The van der Waals surface area contributed by atoms with E-state index in [1.165, 1.54) is 31.6 Å². The van der Waals surface area contributed by atoms with E-state index in [9.17, 15) is 0 Å². The van der Waals surface area contributed by atoms with E-state index in [2.05, 4.69) is 30.0 Å². The van der Waals surface area contributed by atoms with Gasteiger partial charge in [0.1, 0.15) is 0 Å². The quantitative estimate of drug-likeness (QED) is 0.778. The SMILES string of the molecule is CN1CCC(N(C)c2ccc(C#N)cc2)CC1. The minimum absolute atomic E-state index is 0.624. The van der Waals surface area contributed by atoms with E-state index in [1.807, 2.05) is 24.3 Å². The van der Waals surface area contributed by atoms with Gasteiger partial charge in [-0.15, -0.1) is 0 Å². The van der Waals surface area contributed by atoms with Crippen LogP contribution in [0.25, 0.3) is 0 Å². The lowest BCUT2D eigenvalue weighted by Crippen LogP contribution is -2.41. The van der Waals surface area contributed by atoms with Gasteiger partial charge in [0.25, 0.3) is 0 Å². The van der Waals surface area contributed by atoms with Crippen molar-refractivity contribution in [2.75, 3.05) is 32.1 Å². The predicted molar refractivity (Wildman–Crippen MR) is 70.1 cm³/mol. The lowest BCUT2D eigenvalue weighted by atomic mass is 10.0. The summed E-state index contributed by atoms with van der Waals surface area (Å²) < 4.78 is 0. The number of likely N-dealkylation sites (tertiary alicyclic amines) is 1. The predicted octanol–water partition coefficient (Wildman–Crippen LogP) is 2.09. The highest BCUT2D eigenvalue weighted by molar-refractivity contribution is 5.49. The largest absolute Gasteiger partial charge is 0.372 e. The molecule has 0 aromatic heterocycles. The first-order valence-corrected chi connectivity index (χ1v) is 6.12. The van der Waals surface area contributed by atoms with E-state index in [1.54, 1.807) is 0 Å². The molecule has 0 radical (unpaired) electrons. The van der Waals surface area contributed by atoms with Gasteiger partial charge in [0.15, 0.2) is 0 Å². The fourth-order valence-corrected chi connectivity index (χ4v) is 2.36. The third-order valence-electron chi connectivity index (χ3n) is 3.64. The zero-order valence-electron chi connectivity index (χ0n) is 10.6. The van der Waals surface area contributed by atoms with Crippen molar-refractivity contribution in [2.24, 2.45) is 0 Å². The second-order valence-electron chi connectivity index (χ2n) is 4.80. The summed E-state index contributed by atoms with van der Waals surface area (Å²) in [5, 5.41) is 8.78. The van der Waals surface area contributed by atoms with Crippen molar-refractivity contribution in [1.29, 1.82) is 5.26 Å². The molecule has 1 fully saturated rings. The van der Waals surface area contributed by atoms with Gasteiger partial charge in [0.2, 0.25) is 0 Å². The van der Waals surface area contributed by atoms with E-state index >= 15 is 0 Å². The van der Waals surface area contributed by atoms with Crippen molar-refractivity contribution in [3.63, 3.8) is 0 Å². The molecule has 0 N–H and O–H groups in total. The van der Waals surface area contributed by atoms with Crippen LogP contribution in [0.3, 0.4) is 0 Å². The highest BCUT2D eigenvalue weighted by atomic mass is 15.2. The highest BCUT2D eigenvalue weighted by Gasteiger charge is 2.20. The zero-order chi connectivity index (χ0) is 12.3. The average Bonchev–Trinajstić information content (AvgIpc) is 2.39. The fourth-order valence-electron chi connectivity index (χ4n) is 2.36. The van der Waals surface area contributed by atoms with Crippen LogP contribution in [0, 0.1) is 11.3 Å². The molecule has 90 valence electrons. The van der Waals surface area contributed by atoms with Gasteiger partial charge in [-0.05, 0) is 57.2 Å². The molecule has 1 aliphatic rings. The first-order chi connectivity index (χ1) is 8.20. The van der Waals surface area contributed by atoms with Crippen LogP contribution in [0.2, 0.25) is 0 Å². The topological polar surface area (TPSA) is 30.3 Å². The minimum Gasteiger partial charge on any atom is -0.372 e. The van der Waals surface area contributed by atoms with Crippen molar-refractivity contribution in [3.05, 3.63) is 29.8 Å². The molecule has 3 nitrogen and oxygen atoms in total. The van der Waals surface area contributed by atoms with Crippen LogP contribution >= 0.6 is 0 Å². The first-order valence-electron chi connectivity index (χ1n) is 6.12. The van der Waals surface area contributed by atoms with Gasteiger partial charge in [-0.2, -0.15) is 5.26 Å². The van der Waals surface area contributed by atoms with Gasteiger partial charge >= 0.3 is 0 Å². The fraction of sp³-hybridized carbons (Fsp3) is 0.500.